The van der Waals surface area contributed by atoms with E-state index in [1.54, 1.807) is 0 Å². The van der Waals surface area contributed by atoms with E-state index in [4.69, 9.17) is 0 Å². The molecule has 0 radical (unpaired) electrons. The minimum Gasteiger partial charge on any atom is -0.356 e. The van der Waals surface area contributed by atoms with Crippen LogP contribution in [0, 0.1) is 0 Å². The second-order valence-corrected chi connectivity index (χ2v) is 7.35. The van der Waals surface area contributed by atoms with E-state index in [2.05, 4.69) is 31.4 Å². The lowest BCUT2D eigenvalue weighted by molar-refractivity contribution is 0.102. The van der Waals surface area contributed by atoms with Crippen molar-refractivity contribution in [2.45, 2.75) is 26.2 Å². The average molecular weight is 344 g/mol. The Hall–Kier alpha value is -3.07. The maximum Gasteiger partial charge on any atom is 0.255 e. The van der Waals surface area contributed by atoms with Gasteiger partial charge in [-0.05, 0) is 59.5 Å². The Kier molecular flexibility index (Phi) is 5.08. The lowest BCUT2D eigenvalue weighted by Crippen LogP contribution is -2.14. The lowest BCUT2D eigenvalue weighted by Gasteiger charge is -2.19. The number of carbonyl (C=O) groups excluding carboxylic acids is 1. The van der Waals surface area contributed by atoms with Gasteiger partial charge in [-0.25, -0.2) is 0 Å². The van der Waals surface area contributed by atoms with Crippen molar-refractivity contribution in [2.75, 3.05) is 10.6 Å². The van der Waals surface area contributed by atoms with Gasteiger partial charge in [0.15, 0.2) is 0 Å². The van der Waals surface area contributed by atoms with Crippen molar-refractivity contribution in [1.82, 2.24) is 0 Å². The van der Waals surface area contributed by atoms with Crippen molar-refractivity contribution in [3.8, 4) is 0 Å². The average Bonchev–Trinajstić information content (AvgIpc) is 2.63. The molecule has 0 aliphatic rings. The van der Waals surface area contributed by atoms with Gasteiger partial charge in [0.2, 0.25) is 0 Å². The predicted octanol–water partition coefficient (Wildman–Crippen LogP) is 5.98. The zero-order chi connectivity index (χ0) is 18.6. The van der Waals surface area contributed by atoms with Crippen LogP contribution in [0.2, 0.25) is 0 Å². The van der Waals surface area contributed by atoms with Crippen LogP contribution >= 0.6 is 0 Å². The molecule has 2 N–H and O–H groups in total. The van der Waals surface area contributed by atoms with Crippen molar-refractivity contribution in [3.05, 3.63) is 90.0 Å². The fourth-order valence-electron chi connectivity index (χ4n) is 2.65. The fraction of sp³-hybridized carbons (Fsp3) is 0.174. The first kappa shape index (κ1) is 17.7. The Labute approximate surface area is 155 Å². The van der Waals surface area contributed by atoms with Crippen LogP contribution in [0.5, 0.6) is 0 Å². The first-order valence-electron chi connectivity index (χ1n) is 8.76. The normalized spacial score (nSPS) is 11.0. The standard InChI is InChI=1S/C23H24N2O/c1-23(2,3)18-11-9-17(10-12-18)22(26)25-21-15-13-20(14-16-21)24-19-7-5-4-6-8-19/h4-16,24H,1-3H3,(H,25,26). The van der Waals surface area contributed by atoms with Gasteiger partial charge in [0.25, 0.3) is 5.91 Å². The number of rotatable bonds is 4. The quantitative estimate of drug-likeness (QED) is 0.611. The summed E-state index contributed by atoms with van der Waals surface area (Å²) in [5, 5.41) is 6.26. The van der Waals surface area contributed by atoms with E-state index in [-0.39, 0.29) is 11.3 Å². The number of amides is 1. The second kappa shape index (κ2) is 7.44. The van der Waals surface area contributed by atoms with Crippen LogP contribution in [0.3, 0.4) is 0 Å². The molecule has 132 valence electrons. The van der Waals surface area contributed by atoms with Gasteiger partial charge in [-0.1, -0.05) is 51.1 Å². The van der Waals surface area contributed by atoms with Crippen LogP contribution in [0.4, 0.5) is 17.1 Å². The van der Waals surface area contributed by atoms with Gasteiger partial charge in [0.05, 0.1) is 0 Å². The highest BCUT2D eigenvalue weighted by atomic mass is 16.1. The van der Waals surface area contributed by atoms with Gasteiger partial charge in [-0.2, -0.15) is 0 Å². The van der Waals surface area contributed by atoms with Gasteiger partial charge in [0.1, 0.15) is 0 Å². The van der Waals surface area contributed by atoms with Gasteiger partial charge >= 0.3 is 0 Å². The number of hydrogen-bond acceptors (Lipinski definition) is 2. The molecule has 0 aromatic heterocycles. The Bertz CT molecular complexity index is 861. The molecule has 0 unspecified atom stereocenters. The van der Waals surface area contributed by atoms with Crippen molar-refractivity contribution in [1.29, 1.82) is 0 Å². The smallest absolute Gasteiger partial charge is 0.255 e. The summed E-state index contributed by atoms with van der Waals surface area (Å²) < 4.78 is 0. The van der Waals surface area contributed by atoms with E-state index in [0.717, 1.165) is 17.1 Å². The SMILES string of the molecule is CC(C)(C)c1ccc(C(=O)Nc2ccc(Nc3ccccc3)cc2)cc1. The molecule has 1 amide bonds. The van der Waals surface area contributed by atoms with Gasteiger partial charge in [-0.3, -0.25) is 4.79 Å². The molecule has 3 aromatic carbocycles. The van der Waals surface area contributed by atoms with Crippen LogP contribution in [0.25, 0.3) is 0 Å². The van der Waals surface area contributed by atoms with E-state index in [9.17, 15) is 4.79 Å². The molecule has 0 bridgehead atoms. The molecule has 3 nitrogen and oxygen atoms in total. The highest BCUT2D eigenvalue weighted by molar-refractivity contribution is 6.04. The molecule has 26 heavy (non-hydrogen) atoms. The largest absolute Gasteiger partial charge is 0.356 e. The summed E-state index contributed by atoms with van der Waals surface area (Å²) in [5.41, 5.74) is 4.73. The molecule has 0 atom stereocenters. The molecular formula is C23H24N2O. The van der Waals surface area contributed by atoms with Crippen molar-refractivity contribution in [3.63, 3.8) is 0 Å². The van der Waals surface area contributed by atoms with E-state index < -0.39 is 0 Å². The molecule has 0 spiro atoms. The van der Waals surface area contributed by atoms with Crippen LogP contribution < -0.4 is 10.6 Å². The van der Waals surface area contributed by atoms with Crippen molar-refractivity contribution in [2.24, 2.45) is 0 Å². The Morgan fingerprint density at radius 1 is 0.692 bits per heavy atom. The molecule has 3 aromatic rings. The Morgan fingerprint density at radius 2 is 1.23 bits per heavy atom. The first-order valence-corrected chi connectivity index (χ1v) is 8.76. The van der Waals surface area contributed by atoms with Gasteiger partial charge < -0.3 is 10.6 Å². The minimum atomic E-state index is -0.103. The molecule has 3 heteroatoms. The summed E-state index contributed by atoms with van der Waals surface area (Å²) in [5.74, 6) is -0.103. The zero-order valence-electron chi connectivity index (χ0n) is 15.4. The van der Waals surface area contributed by atoms with Gasteiger partial charge in [0, 0.05) is 22.6 Å². The van der Waals surface area contributed by atoms with E-state index in [0.29, 0.717) is 5.56 Å². The number of benzene rings is 3. The molecule has 0 saturated heterocycles. The topological polar surface area (TPSA) is 41.1 Å². The monoisotopic (exact) mass is 344 g/mol. The minimum absolute atomic E-state index is 0.0800. The molecule has 0 fully saturated rings. The fourth-order valence-corrected chi connectivity index (χ4v) is 2.65. The van der Waals surface area contributed by atoms with E-state index in [1.807, 2.05) is 78.9 Å². The maximum atomic E-state index is 12.4. The first-order chi connectivity index (χ1) is 12.4. The molecule has 0 aliphatic carbocycles. The van der Waals surface area contributed by atoms with Crippen LogP contribution in [0.1, 0.15) is 36.7 Å². The zero-order valence-corrected chi connectivity index (χ0v) is 15.4. The number of anilines is 3. The Morgan fingerprint density at radius 3 is 1.81 bits per heavy atom. The molecular weight excluding hydrogens is 320 g/mol. The highest BCUT2D eigenvalue weighted by Gasteiger charge is 2.14. The van der Waals surface area contributed by atoms with Gasteiger partial charge in [-0.15, -0.1) is 0 Å². The lowest BCUT2D eigenvalue weighted by atomic mass is 9.87. The van der Waals surface area contributed by atoms with Crippen LogP contribution in [0.15, 0.2) is 78.9 Å². The van der Waals surface area contributed by atoms with E-state index >= 15 is 0 Å². The molecule has 0 heterocycles. The highest BCUT2D eigenvalue weighted by Crippen LogP contribution is 2.23. The van der Waals surface area contributed by atoms with Crippen LogP contribution in [-0.4, -0.2) is 5.91 Å². The molecule has 3 rings (SSSR count). The number of carbonyl (C=O) groups is 1. The molecule has 0 aliphatic heterocycles. The number of para-hydroxylation sites is 1. The summed E-state index contributed by atoms with van der Waals surface area (Å²) in [4.78, 5) is 12.4. The number of hydrogen-bond donors (Lipinski definition) is 2. The summed E-state index contributed by atoms with van der Waals surface area (Å²) in [6, 6.07) is 25.5. The van der Waals surface area contributed by atoms with E-state index in [1.165, 1.54) is 5.56 Å². The number of nitrogens with one attached hydrogen (secondary N) is 2. The summed E-state index contributed by atoms with van der Waals surface area (Å²) in [7, 11) is 0. The van der Waals surface area contributed by atoms with Crippen LogP contribution in [-0.2, 0) is 5.41 Å². The van der Waals surface area contributed by atoms with Crippen molar-refractivity contribution < 1.29 is 4.79 Å². The second-order valence-electron chi connectivity index (χ2n) is 7.35. The Balaban J connectivity index is 1.64. The third-order valence-electron chi connectivity index (χ3n) is 4.22. The third kappa shape index (κ3) is 4.51. The summed E-state index contributed by atoms with van der Waals surface area (Å²) in [6.45, 7) is 6.48. The maximum absolute atomic E-state index is 12.4. The predicted molar refractivity (Wildman–Crippen MR) is 109 cm³/mol. The molecule has 0 saturated carbocycles. The summed E-state index contributed by atoms with van der Waals surface area (Å²) in [6.07, 6.45) is 0. The third-order valence-corrected chi connectivity index (χ3v) is 4.22. The van der Waals surface area contributed by atoms with Crippen molar-refractivity contribution >= 4 is 23.0 Å². The summed E-state index contributed by atoms with van der Waals surface area (Å²) >= 11 is 0.